The van der Waals surface area contributed by atoms with Gasteiger partial charge in [-0.05, 0) is 210 Å². The van der Waals surface area contributed by atoms with Crippen molar-refractivity contribution in [3.8, 4) is 0 Å². The maximum Gasteiger partial charge on any atom is 0.259 e. The van der Waals surface area contributed by atoms with Gasteiger partial charge in [0.2, 0.25) is 23.6 Å². The molecule has 148 heavy (non-hydrogen) atoms. The summed E-state index contributed by atoms with van der Waals surface area (Å²) < 4.78 is 0. The fraction of sp³-hybridized carbons (Fsp3) is 0.298. The number of alkyl halides is 4. The van der Waals surface area contributed by atoms with Gasteiger partial charge in [0.1, 0.15) is 13.9 Å². The number of nitrogens with zero attached hydrogens (tertiary/aromatic N) is 8. The first-order chi connectivity index (χ1) is 71.7. The van der Waals surface area contributed by atoms with Gasteiger partial charge in [0.25, 0.3) is 17.7 Å². The van der Waals surface area contributed by atoms with Crippen LogP contribution in [0.15, 0.2) is 309 Å². The monoisotopic (exact) mass is 2100 g/mol. The molecule has 0 aromatic heterocycles. The van der Waals surface area contributed by atoms with Crippen LogP contribution in [0.4, 0.5) is 39.8 Å². The lowest BCUT2D eigenvalue weighted by molar-refractivity contribution is -0.135. The van der Waals surface area contributed by atoms with Crippen molar-refractivity contribution in [2.45, 2.75) is 126 Å². The third-order valence-electron chi connectivity index (χ3n) is 28.5. The fourth-order valence-electron chi connectivity index (χ4n) is 19.3. The maximum absolute atomic E-state index is 13.4. The molecule has 2 unspecified atom stereocenters. The molecule has 7 amide bonds. The minimum Gasteiger partial charge on any atom is -0.387 e. The Kier molecular flexibility index (Phi) is 37.3. The number of piperazine rings is 4. The van der Waals surface area contributed by atoms with Crippen LogP contribution in [0, 0.1) is 0 Å². The number of imide groups is 2. The average Bonchev–Trinajstić information content (AvgIpc) is 1.57. The summed E-state index contributed by atoms with van der Waals surface area (Å²) in [6.45, 7) is 26.7. The smallest absolute Gasteiger partial charge is 0.259 e. The van der Waals surface area contributed by atoms with Gasteiger partial charge in [0.05, 0.1) is 21.7 Å². The van der Waals surface area contributed by atoms with E-state index in [9.17, 15) is 33.6 Å². The molecule has 0 bridgehead atoms. The molecule has 27 heteroatoms. The Hall–Kier alpha value is -13.1. The van der Waals surface area contributed by atoms with Crippen LogP contribution < -0.4 is 56.5 Å². The zero-order chi connectivity index (χ0) is 104. The summed E-state index contributed by atoms with van der Waals surface area (Å²) in [7, 11) is 5.83. The highest BCUT2D eigenvalue weighted by atomic mass is 79.9. The van der Waals surface area contributed by atoms with E-state index >= 15 is 0 Å². The summed E-state index contributed by atoms with van der Waals surface area (Å²) >= 11 is 20.1. The minimum absolute atomic E-state index is 0.00158. The quantitative estimate of drug-likeness (QED) is 0.0226. The summed E-state index contributed by atoms with van der Waals surface area (Å²) in [6.07, 6.45) is 3.25. The number of hydrogen-bond donors (Lipinski definition) is 7. The van der Waals surface area contributed by atoms with Gasteiger partial charge in [0.15, 0.2) is 0 Å². The van der Waals surface area contributed by atoms with Crippen molar-refractivity contribution in [2.75, 3.05) is 140 Å². The molecule has 9 aliphatic rings. The van der Waals surface area contributed by atoms with Gasteiger partial charge in [-0.15, -0.1) is 34.8 Å². The first-order valence-corrected chi connectivity index (χ1v) is 53.4. The minimum atomic E-state index is -1.01. The van der Waals surface area contributed by atoms with E-state index in [0.717, 1.165) is 203 Å². The van der Waals surface area contributed by atoms with Crippen molar-refractivity contribution in [2.24, 2.45) is 0 Å². The number of rotatable bonds is 19. The molecule has 0 aliphatic carbocycles. The normalized spacial score (nSPS) is 17.0. The molecular formula is C121H128BBrCl3N13O9. The van der Waals surface area contributed by atoms with Crippen LogP contribution in [-0.4, -0.2) is 201 Å². The summed E-state index contributed by atoms with van der Waals surface area (Å²) in [6, 6.07) is 106. The number of hydrogen-bond acceptors (Lipinski definition) is 17. The zero-order valence-corrected chi connectivity index (χ0v) is 88.2. The van der Waals surface area contributed by atoms with Crippen molar-refractivity contribution in [3.63, 3.8) is 0 Å². The number of anilines is 7. The first-order valence-electron chi connectivity index (χ1n) is 50.9. The number of amides is 7. The number of nitrogens with one attached hydrogen (secondary N) is 5. The molecule has 2 radical (unpaired) electrons. The van der Waals surface area contributed by atoms with Gasteiger partial charge in [-0.1, -0.05) is 246 Å². The molecule has 6 fully saturated rings. The lowest BCUT2D eigenvalue weighted by Crippen LogP contribution is -2.53. The molecule has 14 aromatic carbocycles. The Morgan fingerprint density at radius 2 is 0.669 bits per heavy atom. The number of aliphatic hydroxyl groups is 2. The number of piperidine rings is 2. The van der Waals surface area contributed by atoms with Crippen LogP contribution >= 0.6 is 50.7 Å². The van der Waals surface area contributed by atoms with Gasteiger partial charge in [-0.2, -0.15) is 0 Å². The van der Waals surface area contributed by atoms with E-state index in [1.807, 2.05) is 91.0 Å². The highest BCUT2D eigenvalue weighted by Crippen LogP contribution is 2.43. The van der Waals surface area contributed by atoms with Crippen molar-refractivity contribution in [1.82, 2.24) is 30.7 Å². The van der Waals surface area contributed by atoms with Crippen LogP contribution in [0.5, 0.6) is 0 Å². The van der Waals surface area contributed by atoms with Gasteiger partial charge < -0.3 is 45.8 Å². The van der Waals surface area contributed by atoms with E-state index in [1.54, 1.807) is 32.6 Å². The van der Waals surface area contributed by atoms with E-state index in [2.05, 4.69) is 295 Å². The van der Waals surface area contributed by atoms with Gasteiger partial charge >= 0.3 is 0 Å². The first kappa shape index (κ1) is 108. The number of carbonyl (C=O) groups excluding carboxylic acids is 7. The highest BCUT2D eigenvalue weighted by Gasteiger charge is 2.42. The standard InChI is InChI=1S/C34H32N4O3.C29H27N3O.C18H21ClN2.C11H6BNO.C10H14N2.C8H8Cl2.C6H14O2.C5H6BrNO2/c39-31-16-15-30(33(40)35-31)38-29-14-13-25(27-7-4-8-28(32(27)29)34(38)41)21-23-9-11-24(12-10-23)22-36-17-19-37(20-18-36)26-5-2-1-3-6-26;33-29-26-8-4-7-25-23(13-14-27(30-29)28(25)26)19-21-9-11-22(12-10-21)20-31-15-17-32(18-16-31)24-5-2-1-3-6-24;19-14-16-6-8-17(9-7-16)15-20-10-12-21(13-11-20)18-4-2-1-3-5-18;12-8-4-5-9-10-6(8)2-1-3-7(10)11(14)13-9;1-2-4-10(5-3-1)12-8-6-11-7-9-12;9-5-7-1-2-8(6-10)4-3-7;1-5(2,7)6(3,4)8;6-3-1-2-4(8)7-5(3)9/h1-14,30H,15-22H2,(H,35,39,40);1-14H,15-20H2,(H,30,33);1-9H,10-15H2;1-5H,(H,13,14);1-5,11H,6-9H2;1-4H,5-6H2;7-8H,1-4H3;3H,1-2H2,(H,7,8,9). The van der Waals surface area contributed by atoms with Crippen molar-refractivity contribution in [3.05, 3.63) is 382 Å². The molecule has 2 atom stereocenters. The third kappa shape index (κ3) is 28.1. The number of benzene rings is 14. The van der Waals surface area contributed by atoms with E-state index in [4.69, 9.17) is 52.9 Å². The topological polar surface area (TPSA) is 246 Å². The average molecular weight is 2110 g/mol. The van der Waals surface area contributed by atoms with E-state index in [0.29, 0.717) is 53.5 Å². The Labute approximate surface area is 892 Å². The summed E-state index contributed by atoms with van der Waals surface area (Å²) in [4.78, 5) is 101. The molecule has 9 heterocycles. The van der Waals surface area contributed by atoms with E-state index in [-0.39, 0.29) is 46.7 Å². The van der Waals surface area contributed by atoms with Crippen LogP contribution in [-0.2, 0) is 69.3 Å². The molecule has 22 nitrogen and oxygen atoms in total. The summed E-state index contributed by atoms with van der Waals surface area (Å²) in [5, 5.41) is 38.0. The third-order valence-corrected chi connectivity index (χ3v) is 30.3. The van der Waals surface area contributed by atoms with Gasteiger partial charge in [-0.25, -0.2) is 0 Å². The predicted molar refractivity (Wildman–Crippen MR) is 607 cm³/mol. The summed E-state index contributed by atoms with van der Waals surface area (Å²) in [5.41, 5.74) is 21.1. The van der Waals surface area contributed by atoms with Crippen LogP contribution in [0.2, 0.25) is 0 Å². The van der Waals surface area contributed by atoms with E-state index in [1.165, 1.54) is 67.1 Å². The molecule has 0 saturated carbocycles. The van der Waals surface area contributed by atoms with Gasteiger partial charge in [0, 0.05) is 222 Å². The Balaban J connectivity index is 0.000000130. The number of halogens is 4. The zero-order valence-electron chi connectivity index (χ0n) is 84.3. The molecule has 762 valence electrons. The Morgan fingerprint density at radius 1 is 0.338 bits per heavy atom. The second-order valence-electron chi connectivity index (χ2n) is 39.4. The lowest BCUT2D eigenvalue weighted by atomic mass is 9.89. The molecular weight excluding hydrogens is 1980 g/mol. The Morgan fingerprint density at radius 3 is 1.04 bits per heavy atom. The highest BCUT2D eigenvalue weighted by molar-refractivity contribution is 9.10. The molecule has 6 saturated heterocycles. The summed E-state index contributed by atoms with van der Waals surface area (Å²) in [5.74, 6) is 0.442. The SMILES string of the molecule is CC(C)(O)C(C)(C)O.ClCc1ccc(CCl)cc1.ClCc1ccc(CN2CCN(c3ccccc3)CC2)cc1.O=C1CCC(Br)C(=O)N1.O=C1CCC(N2C(=O)c3cccc4c(Cc5ccc(CN6CCN(c7ccccc7)CC6)cc5)ccc2c34)C(=O)N1.O=C1Nc2ccc(Cc3ccc(CN4CCN(c5ccccc5)CC4)cc3)c3cccc1c23.[B]c1ccc2c3c(cccc13)C(=O)N2.c1ccc(N2CCNCC2)cc1. The Bertz CT molecular complexity index is 6860. The van der Waals surface area contributed by atoms with E-state index < -0.39 is 23.2 Å². The molecule has 9 aliphatic heterocycles. The van der Waals surface area contributed by atoms with Crippen LogP contribution in [0.1, 0.15) is 140 Å². The number of para-hydroxylation sites is 4. The van der Waals surface area contributed by atoms with Crippen LogP contribution in [0.25, 0.3) is 32.3 Å². The lowest BCUT2D eigenvalue weighted by Gasteiger charge is -2.36. The number of carbonyl (C=O) groups is 7. The molecule has 14 aromatic rings. The van der Waals surface area contributed by atoms with Crippen molar-refractivity contribution >= 4 is 178 Å². The molecule has 0 spiro atoms. The molecule has 7 N–H and O–H groups in total. The van der Waals surface area contributed by atoms with Crippen molar-refractivity contribution in [1.29, 1.82) is 0 Å². The fourth-order valence-corrected chi connectivity index (χ4v) is 20.2. The molecule has 23 rings (SSSR count). The van der Waals surface area contributed by atoms with Gasteiger partial charge in [-0.3, -0.25) is 63.8 Å². The predicted octanol–water partition coefficient (Wildman–Crippen LogP) is 19.8. The largest absolute Gasteiger partial charge is 0.387 e. The second-order valence-corrected chi connectivity index (χ2v) is 41.3. The van der Waals surface area contributed by atoms with Crippen LogP contribution in [0.3, 0.4) is 0 Å². The maximum atomic E-state index is 13.4. The van der Waals surface area contributed by atoms with Crippen molar-refractivity contribution < 1.29 is 43.8 Å². The second kappa shape index (κ2) is 51.2.